The van der Waals surface area contributed by atoms with Crippen LogP contribution in [-0.2, 0) is 9.59 Å². The van der Waals surface area contributed by atoms with E-state index >= 15 is 0 Å². The number of Topliss-reactive ketones (excluding diaryl/α,β-unsaturated/α-hetero) is 1. The van der Waals surface area contributed by atoms with Gasteiger partial charge in [-0.2, -0.15) is 0 Å². The van der Waals surface area contributed by atoms with Crippen LogP contribution in [0.2, 0.25) is 0 Å². The quantitative estimate of drug-likeness (QED) is 0.300. The van der Waals surface area contributed by atoms with Gasteiger partial charge in [0.25, 0.3) is 11.7 Å². The number of anilines is 1. The molecule has 1 N–H and O–H groups in total. The molecule has 1 fully saturated rings. The average Bonchev–Trinajstić information content (AvgIpc) is 3.13. The minimum absolute atomic E-state index is 0.125. The van der Waals surface area contributed by atoms with Gasteiger partial charge in [-0.05, 0) is 60.2 Å². The lowest BCUT2D eigenvalue weighted by Crippen LogP contribution is -2.29. The second-order valence-electron chi connectivity index (χ2n) is 7.56. The maximum absolute atomic E-state index is 13.2. The van der Waals surface area contributed by atoms with E-state index < -0.39 is 35.6 Å². The number of aromatic nitrogens is 1. The predicted octanol–water partition coefficient (Wildman–Crippen LogP) is 4.62. The summed E-state index contributed by atoms with van der Waals surface area (Å²) in [7, 11) is 2.85. The van der Waals surface area contributed by atoms with Crippen LogP contribution in [0.5, 0.6) is 17.2 Å². The average molecular weight is 500 g/mol. The van der Waals surface area contributed by atoms with Crippen LogP contribution in [0.4, 0.5) is 18.9 Å². The summed E-state index contributed by atoms with van der Waals surface area (Å²) in [5, 5.41) is 11.2. The van der Waals surface area contributed by atoms with Crippen LogP contribution in [-0.4, -0.2) is 42.4 Å². The fourth-order valence-electron chi connectivity index (χ4n) is 3.91. The topological polar surface area (TPSA) is 98.2 Å². The number of methoxy groups -OCH3 is 2. The van der Waals surface area contributed by atoms with E-state index in [-0.39, 0.29) is 22.6 Å². The van der Waals surface area contributed by atoms with E-state index in [4.69, 9.17) is 9.47 Å². The molecular formula is C25H19F3N2O6. The number of pyridine rings is 1. The molecule has 186 valence electrons. The number of carbonyl (C=O) groups is 2. The molecule has 0 spiro atoms. The molecule has 0 bridgehead atoms. The van der Waals surface area contributed by atoms with Gasteiger partial charge in [-0.1, -0.05) is 0 Å². The highest BCUT2D eigenvalue weighted by atomic mass is 19.4. The van der Waals surface area contributed by atoms with E-state index in [1.807, 2.05) is 0 Å². The van der Waals surface area contributed by atoms with Crippen LogP contribution in [0.25, 0.3) is 5.76 Å². The molecule has 0 aliphatic carbocycles. The van der Waals surface area contributed by atoms with Gasteiger partial charge in [0.2, 0.25) is 0 Å². The van der Waals surface area contributed by atoms with Gasteiger partial charge in [0.05, 0.1) is 25.8 Å². The molecule has 1 atom stereocenters. The Morgan fingerprint density at radius 1 is 0.944 bits per heavy atom. The number of aliphatic hydroxyl groups is 1. The molecule has 1 unspecified atom stereocenters. The number of benzene rings is 2. The van der Waals surface area contributed by atoms with Crippen LogP contribution < -0.4 is 19.1 Å². The summed E-state index contributed by atoms with van der Waals surface area (Å²) >= 11 is 0. The Balaban J connectivity index is 1.85. The molecule has 1 aliphatic rings. The molecule has 1 aromatic heterocycles. The summed E-state index contributed by atoms with van der Waals surface area (Å²) in [6.45, 7) is 0. The van der Waals surface area contributed by atoms with Gasteiger partial charge < -0.3 is 19.3 Å². The molecule has 0 saturated carbocycles. The fraction of sp³-hybridized carbons (Fsp3) is 0.160. The molecule has 4 rings (SSSR count). The Morgan fingerprint density at radius 2 is 1.58 bits per heavy atom. The molecule has 8 nitrogen and oxygen atoms in total. The molecular weight excluding hydrogens is 481 g/mol. The van der Waals surface area contributed by atoms with Crippen molar-refractivity contribution in [1.82, 2.24) is 4.98 Å². The third-order valence-electron chi connectivity index (χ3n) is 5.47. The van der Waals surface area contributed by atoms with Gasteiger partial charge in [-0.25, -0.2) is 0 Å². The zero-order valence-electron chi connectivity index (χ0n) is 18.9. The molecule has 1 saturated heterocycles. The summed E-state index contributed by atoms with van der Waals surface area (Å²) in [4.78, 5) is 31.3. The Bertz CT molecular complexity index is 1320. The summed E-state index contributed by atoms with van der Waals surface area (Å²) < 4.78 is 52.0. The molecule has 0 radical (unpaired) electrons. The van der Waals surface area contributed by atoms with Crippen LogP contribution in [0.15, 0.2) is 72.6 Å². The second kappa shape index (κ2) is 9.61. The van der Waals surface area contributed by atoms with Crippen molar-refractivity contribution in [1.29, 1.82) is 0 Å². The Labute approximate surface area is 203 Å². The SMILES string of the molecule is COc1ccc(/C(O)=C2/C(=O)C(=O)N(c3ccc(OC(F)(F)F)cc3)C2c2ccncc2)cc1OC. The first-order valence-electron chi connectivity index (χ1n) is 10.4. The number of alkyl halides is 3. The molecule has 1 amide bonds. The summed E-state index contributed by atoms with van der Waals surface area (Å²) in [6, 6.07) is 11.0. The summed E-state index contributed by atoms with van der Waals surface area (Å²) in [5.41, 5.74) is 0.550. The van der Waals surface area contributed by atoms with Gasteiger partial charge in [0, 0.05) is 23.6 Å². The van der Waals surface area contributed by atoms with Gasteiger partial charge in [-0.15, -0.1) is 13.2 Å². The Morgan fingerprint density at radius 3 is 2.17 bits per heavy atom. The van der Waals surface area contributed by atoms with E-state index in [1.54, 1.807) is 12.1 Å². The number of ether oxygens (including phenoxy) is 3. The standard InChI is InChI=1S/C25H19F3N2O6/c1-34-18-8-3-15(13-19(18)35-2)22(31)20-21(14-9-11-29-12-10-14)30(24(33)23(20)32)16-4-6-17(7-5-16)36-25(26,27)28/h3-13,21,31H,1-2H3/b22-20-. The van der Waals surface area contributed by atoms with Crippen molar-refractivity contribution >= 4 is 23.1 Å². The monoisotopic (exact) mass is 500 g/mol. The van der Waals surface area contributed by atoms with Gasteiger partial charge >= 0.3 is 6.36 Å². The number of halogens is 3. The lowest BCUT2D eigenvalue weighted by atomic mass is 9.95. The normalized spacial score (nSPS) is 17.2. The number of carbonyl (C=O) groups excluding carboxylic acids is 2. The molecule has 3 aromatic rings. The zero-order valence-corrected chi connectivity index (χ0v) is 18.9. The van der Waals surface area contributed by atoms with Crippen molar-refractivity contribution in [2.75, 3.05) is 19.1 Å². The highest BCUT2D eigenvalue weighted by Crippen LogP contribution is 2.43. The van der Waals surface area contributed by atoms with Gasteiger partial charge in [0.15, 0.2) is 11.5 Å². The zero-order chi connectivity index (χ0) is 26.0. The van der Waals surface area contributed by atoms with Crippen LogP contribution in [0.3, 0.4) is 0 Å². The number of hydrogen-bond donors (Lipinski definition) is 1. The maximum Gasteiger partial charge on any atom is 0.573 e. The first-order chi connectivity index (χ1) is 17.1. The number of rotatable bonds is 6. The van der Waals surface area contributed by atoms with E-state index in [9.17, 15) is 27.9 Å². The Kier molecular flexibility index (Phi) is 6.56. The molecule has 36 heavy (non-hydrogen) atoms. The van der Waals surface area contributed by atoms with Crippen LogP contribution in [0, 0.1) is 0 Å². The second-order valence-corrected chi connectivity index (χ2v) is 7.56. The van der Waals surface area contributed by atoms with E-state index in [2.05, 4.69) is 9.72 Å². The number of nitrogens with zero attached hydrogens (tertiary/aromatic N) is 2. The molecule has 2 aromatic carbocycles. The summed E-state index contributed by atoms with van der Waals surface area (Å²) in [5.74, 6) is -2.22. The molecule has 2 heterocycles. The van der Waals surface area contributed by atoms with Crippen LogP contribution >= 0.6 is 0 Å². The maximum atomic E-state index is 13.2. The van der Waals surface area contributed by atoms with E-state index in [0.717, 1.165) is 17.0 Å². The van der Waals surface area contributed by atoms with Crippen molar-refractivity contribution in [2.24, 2.45) is 0 Å². The minimum atomic E-state index is -4.89. The van der Waals surface area contributed by atoms with Crippen molar-refractivity contribution < 1.29 is 42.1 Å². The van der Waals surface area contributed by atoms with Crippen molar-refractivity contribution in [2.45, 2.75) is 12.4 Å². The number of hydrogen-bond acceptors (Lipinski definition) is 7. The van der Waals surface area contributed by atoms with Crippen molar-refractivity contribution in [3.63, 3.8) is 0 Å². The largest absolute Gasteiger partial charge is 0.573 e. The van der Waals surface area contributed by atoms with Crippen molar-refractivity contribution in [3.05, 3.63) is 83.7 Å². The third kappa shape index (κ3) is 4.67. The van der Waals surface area contributed by atoms with Gasteiger partial charge in [-0.3, -0.25) is 19.5 Å². The van der Waals surface area contributed by atoms with Crippen LogP contribution in [0.1, 0.15) is 17.2 Å². The first-order valence-corrected chi connectivity index (χ1v) is 10.4. The lowest BCUT2D eigenvalue weighted by molar-refractivity contribution is -0.274. The highest BCUT2D eigenvalue weighted by Gasteiger charge is 2.47. The molecule has 11 heteroatoms. The number of ketones is 1. The first kappa shape index (κ1) is 24.6. The number of amides is 1. The van der Waals surface area contributed by atoms with Gasteiger partial charge in [0.1, 0.15) is 11.5 Å². The predicted molar refractivity (Wildman–Crippen MR) is 122 cm³/mol. The van der Waals surface area contributed by atoms with Crippen molar-refractivity contribution in [3.8, 4) is 17.2 Å². The number of aliphatic hydroxyl groups excluding tert-OH is 1. The highest BCUT2D eigenvalue weighted by molar-refractivity contribution is 6.51. The third-order valence-corrected chi connectivity index (χ3v) is 5.47. The van der Waals surface area contributed by atoms with E-state index in [0.29, 0.717) is 11.3 Å². The fourth-order valence-corrected chi connectivity index (χ4v) is 3.91. The minimum Gasteiger partial charge on any atom is -0.507 e. The van der Waals surface area contributed by atoms with E-state index in [1.165, 1.54) is 56.9 Å². The summed E-state index contributed by atoms with van der Waals surface area (Å²) in [6.07, 6.45) is -1.99. The Hall–Kier alpha value is -4.54. The lowest BCUT2D eigenvalue weighted by Gasteiger charge is -2.25. The molecule has 1 aliphatic heterocycles. The smallest absolute Gasteiger partial charge is 0.507 e.